The third-order valence-corrected chi connectivity index (χ3v) is 3.52. The first kappa shape index (κ1) is 14.8. The Balaban J connectivity index is 1.93. The average Bonchev–Trinajstić information content (AvgIpc) is 3.26. The molecule has 110 valence electrons. The van der Waals surface area contributed by atoms with Crippen molar-refractivity contribution in [1.82, 2.24) is 4.90 Å². The van der Waals surface area contributed by atoms with Crippen molar-refractivity contribution in [2.75, 3.05) is 20.3 Å². The molecule has 1 saturated carbocycles. The van der Waals surface area contributed by atoms with Gasteiger partial charge in [0.05, 0.1) is 12.6 Å². The van der Waals surface area contributed by atoms with E-state index >= 15 is 0 Å². The van der Waals surface area contributed by atoms with E-state index in [1.807, 2.05) is 4.90 Å². The number of methoxy groups -OCH3 is 1. The van der Waals surface area contributed by atoms with Crippen molar-refractivity contribution < 1.29 is 14.6 Å². The first-order valence-electron chi connectivity index (χ1n) is 6.94. The molecule has 2 rings (SSSR count). The van der Waals surface area contributed by atoms with Crippen LogP contribution in [0.3, 0.4) is 0 Å². The molecule has 1 aromatic carbocycles. The fraction of sp³-hybridized carbons (Fsp3) is 0.533. The summed E-state index contributed by atoms with van der Waals surface area (Å²) in [5, 5.41) is 9.25. The van der Waals surface area contributed by atoms with E-state index in [-0.39, 0.29) is 11.7 Å². The van der Waals surface area contributed by atoms with Gasteiger partial charge in [-0.1, -0.05) is 12.1 Å². The van der Waals surface area contributed by atoms with Crippen LogP contribution in [-0.4, -0.2) is 48.3 Å². The van der Waals surface area contributed by atoms with Crippen LogP contribution in [0.1, 0.15) is 18.4 Å². The lowest BCUT2D eigenvalue weighted by Gasteiger charge is -2.25. The Labute approximate surface area is 119 Å². The number of phenolic OH excluding ortho intramolecular Hbond substituents is 1. The number of carbonyl (C=O) groups excluding carboxylic acids is 1. The van der Waals surface area contributed by atoms with Crippen molar-refractivity contribution in [1.29, 1.82) is 0 Å². The molecule has 5 nitrogen and oxygen atoms in total. The number of benzene rings is 1. The van der Waals surface area contributed by atoms with Crippen LogP contribution in [0.15, 0.2) is 24.3 Å². The Bertz CT molecular complexity index is 443. The van der Waals surface area contributed by atoms with Gasteiger partial charge >= 0.3 is 0 Å². The lowest BCUT2D eigenvalue weighted by molar-refractivity contribution is -0.133. The molecule has 1 atom stereocenters. The molecule has 1 aliphatic carbocycles. The second kappa shape index (κ2) is 6.72. The molecule has 0 bridgehead atoms. The van der Waals surface area contributed by atoms with Crippen molar-refractivity contribution in [2.24, 2.45) is 5.73 Å². The maximum atomic E-state index is 12.4. The topological polar surface area (TPSA) is 75.8 Å². The van der Waals surface area contributed by atoms with Crippen LogP contribution in [0.4, 0.5) is 0 Å². The van der Waals surface area contributed by atoms with Gasteiger partial charge in [0, 0.05) is 19.7 Å². The van der Waals surface area contributed by atoms with Gasteiger partial charge in [-0.2, -0.15) is 0 Å². The molecule has 0 aliphatic heterocycles. The molecule has 0 radical (unpaired) electrons. The SMILES string of the molecule is COCCN(C(=O)[C@@H](N)Cc1ccc(O)cc1)C1CC1. The molecule has 3 N–H and O–H groups in total. The van der Waals surface area contributed by atoms with Gasteiger partial charge in [0.1, 0.15) is 5.75 Å². The fourth-order valence-corrected chi connectivity index (χ4v) is 2.23. The van der Waals surface area contributed by atoms with Gasteiger partial charge in [0.15, 0.2) is 0 Å². The largest absolute Gasteiger partial charge is 0.508 e. The highest BCUT2D eigenvalue weighted by atomic mass is 16.5. The fourth-order valence-electron chi connectivity index (χ4n) is 2.23. The molecule has 0 unspecified atom stereocenters. The number of hydrogen-bond donors (Lipinski definition) is 2. The quantitative estimate of drug-likeness (QED) is 0.777. The summed E-state index contributed by atoms with van der Waals surface area (Å²) in [7, 11) is 1.63. The summed E-state index contributed by atoms with van der Waals surface area (Å²) in [5.41, 5.74) is 6.98. The zero-order valence-corrected chi connectivity index (χ0v) is 11.8. The number of hydrogen-bond acceptors (Lipinski definition) is 4. The van der Waals surface area contributed by atoms with E-state index < -0.39 is 6.04 Å². The predicted octanol–water partition coefficient (Wildman–Crippen LogP) is 0.899. The second-order valence-corrected chi connectivity index (χ2v) is 5.23. The number of nitrogens with zero attached hydrogens (tertiary/aromatic N) is 1. The average molecular weight is 278 g/mol. The van der Waals surface area contributed by atoms with Gasteiger partial charge < -0.3 is 20.5 Å². The lowest BCUT2D eigenvalue weighted by atomic mass is 10.1. The summed E-state index contributed by atoms with van der Waals surface area (Å²) in [5.74, 6) is 0.200. The molecule has 0 saturated heterocycles. The van der Waals surface area contributed by atoms with E-state index in [0.717, 1.165) is 18.4 Å². The molecule has 0 aromatic heterocycles. The normalized spacial score (nSPS) is 15.9. The summed E-state index contributed by atoms with van der Waals surface area (Å²) in [6, 6.07) is 6.59. The third-order valence-electron chi connectivity index (χ3n) is 3.52. The minimum absolute atomic E-state index is 0.0161. The monoisotopic (exact) mass is 278 g/mol. The summed E-state index contributed by atoms with van der Waals surface area (Å²) < 4.78 is 5.05. The molecule has 0 heterocycles. The Morgan fingerprint density at radius 2 is 2.10 bits per heavy atom. The predicted molar refractivity (Wildman–Crippen MR) is 76.4 cm³/mol. The van der Waals surface area contributed by atoms with Crippen LogP contribution in [0.2, 0.25) is 0 Å². The molecule has 1 aliphatic rings. The lowest BCUT2D eigenvalue weighted by Crippen LogP contribution is -2.47. The number of carbonyl (C=O) groups is 1. The number of rotatable bonds is 7. The van der Waals surface area contributed by atoms with Crippen molar-refractivity contribution in [3.05, 3.63) is 29.8 Å². The van der Waals surface area contributed by atoms with E-state index in [0.29, 0.717) is 25.6 Å². The highest BCUT2D eigenvalue weighted by molar-refractivity contribution is 5.82. The van der Waals surface area contributed by atoms with Gasteiger partial charge in [0.2, 0.25) is 5.91 Å². The molecule has 0 spiro atoms. The standard InChI is InChI=1S/C15H22N2O3/c1-20-9-8-17(12-4-5-12)15(19)14(16)10-11-2-6-13(18)7-3-11/h2-3,6-7,12,14,18H,4-5,8-10,16H2,1H3/t14-/m0/s1. The Morgan fingerprint density at radius 1 is 1.45 bits per heavy atom. The van der Waals surface area contributed by atoms with Crippen molar-refractivity contribution in [2.45, 2.75) is 31.3 Å². The number of nitrogens with two attached hydrogens (primary N) is 1. The molecular formula is C15H22N2O3. The van der Waals surface area contributed by atoms with Crippen LogP contribution in [0, 0.1) is 0 Å². The minimum Gasteiger partial charge on any atom is -0.508 e. The van der Waals surface area contributed by atoms with Crippen LogP contribution in [-0.2, 0) is 16.0 Å². The highest BCUT2D eigenvalue weighted by Crippen LogP contribution is 2.27. The van der Waals surface area contributed by atoms with E-state index in [4.69, 9.17) is 10.5 Å². The third kappa shape index (κ3) is 3.95. The Morgan fingerprint density at radius 3 is 2.65 bits per heavy atom. The van der Waals surface area contributed by atoms with Crippen molar-refractivity contribution >= 4 is 5.91 Å². The zero-order chi connectivity index (χ0) is 14.5. The van der Waals surface area contributed by atoms with E-state index in [1.54, 1.807) is 31.4 Å². The van der Waals surface area contributed by atoms with Gasteiger partial charge in [-0.3, -0.25) is 4.79 Å². The Kier molecular flexibility index (Phi) is 4.98. The number of ether oxygens (including phenoxy) is 1. The summed E-state index contributed by atoms with van der Waals surface area (Å²) >= 11 is 0. The maximum Gasteiger partial charge on any atom is 0.240 e. The van der Waals surface area contributed by atoms with Crippen molar-refractivity contribution in [3.63, 3.8) is 0 Å². The molecule has 1 amide bonds. The first-order chi connectivity index (χ1) is 9.61. The van der Waals surface area contributed by atoms with E-state index in [1.165, 1.54) is 0 Å². The van der Waals surface area contributed by atoms with Crippen molar-refractivity contribution in [3.8, 4) is 5.75 Å². The molecule has 1 aromatic rings. The number of amides is 1. The minimum atomic E-state index is -0.544. The zero-order valence-electron chi connectivity index (χ0n) is 11.8. The molecule has 20 heavy (non-hydrogen) atoms. The second-order valence-electron chi connectivity index (χ2n) is 5.23. The van der Waals surface area contributed by atoms with E-state index in [9.17, 15) is 9.90 Å². The summed E-state index contributed by atoms with van der Waals surface area (Å²) in [4.78, 5) is 14.2. The summed E-state index contributed by atoms with van der Waals surface area (Å²) in [6.45, 7) is 1.14. The van der Waals surface area contributed by atoms with Crippen LogP contribution in [0.5, 0.6) is 5.75 Å². The van der Waals surface area contributed by atoms with E-state index in [2.05, 4.69) is 0 Å². The maximum absolute atomic E-state index is 12.4. The molecular weight excluding hydrogens is 256 g/mol. The van der Waals surface area contributed by atoms with Gasteiger partial charge in [-0.25, -0.2) is 0 Å². The highest BCUT2D eigenvalue weighted by Gasteiger charge is 2.34. The van der Waals surface area contributed by atoms with Gasteiger partial charge in [-0.05, 0) is 37.0 Å². The van der Waals surface area contributed by atoms with Crippen LogP contribution >= 0.6 is 0 Å². The number of phenols is 1. The Hall–Kier alpha value is -1.59. The molecule has 5 heteroatoms. The van der Waals surface area contributed by atoms with Gasteiger partial charge in [0.25, 0.3) is 0 Å². The summed E-state index contributed by atoms with van der Waals surface area (Å²) in [6.07, 6.45) is 2.60. The first-order valence-corrected chi connectivity index (χ1v) is 6.94. The van der Waals surface area contributed by atoms with Crippen LogP contribution < -0.4 is 5.73 Å². The van der Waals surface area contributed by atoms with Gasteiger partial charge in [-0.15, -0.1) is 0 Å². The van der Waals surface area contributed by atoms with Crippen LogP contribution in [0.25, 0.3) is 0 Å². The smallest absolute Gasteiger partial charge is 0.240 e. The number of aromatic hydroxyl groups is 1. The molecule has 1 fully saturated rings.